The molecule has 2 N–H and O–H groups in total. The molecule has 0 bridgehead atoms. The van der Waals surface area contributed by atoms with Crippen molar-refractivity contribution in [2.45, 2.75) is 11.9 Å². The molecule has 8 heteroatoms. The largest absolute Gasteiger partial charge is 0.351 e. The Hall–Kier alpha value is -3.00. The van der Waals surface area contributed by atoms with Crippen molar-refractivity contribution in [3.63, 3.8) is 0 Å². The van der Waals surface area contributed by atoms with Crippen molar-refractivity contribution >= 4 is 45.3 Å². The normalized spacial score (nSPS) is 11.2. The number of nitrogens with zero attached hydrogens (tertiary/aromatic N) is 2. The fourth-order valence-electron chi connectivity index (χ4n) is 2.75. The molecule has 1 amide bonds. The Kier molecular flexibility index (Phi) is 4.49. The first kappa shape index (κ1) is 17.4. The van der Waals surface area contributed by atoms with Crippen molar-refractivity contribution in [2.75, 3.05) is 11.1 Å². The van der Waals surface area contributed by atoms with Gasteiger partial charge in [0, 0.05) is 16.6 Å². The first-order valence-corrected chi connectivity index (χ1v) is 9.10. The van der Waals surface area contributed by atoms with Gasteiger partial charge in [-0.25, -0.2) is 18.7 Å². The van der Waals surface area contributed by atoms with Crippen molar-refractivity contribution < 1.29 is 13.6 Å². The molecule has 5 nitrogen and oxygen atoms in total. The number of amides is 1. The number of aromatic amines is 1. The van der Waals surface area contributed by atoms with Crippen LogP contribution in [0.15, 0.2) is 47.8 Å². The third-order valence-corrected chi connectivity index (χ3v) is 5.09. The van der Waals surface area contributed by atoms with E-state index >= 15 is 0 Å². The summed E-state index contributed by atoms with van der Waals surface area (Å²) in [5.41, 5.74) is 2.91. The summed E-state index contributed by atoms with van der Waals surface area (Å²) >= 11 is 1.22. The Morgan fingerprint density at radius 2 is 2.04 bits per heavy atom. The number of carbonyl (C=O) groups is 1. The van der Waals surface area contributed by atoms with E-state index in [0.29, 0.717) is 32.7 Å². The Morgan fingerprint density at radius 1 is 1.19 bits per heavy atom. The molecule has 0 saturated carbocycles. The monoisotopic (exact) mass is 384 g/mol. The smallest absolute Gasteiger partial charge is 0.234 e. The van der Waals surface area contributed by atoms with E-state index in [1.54, 1.807) is 25.1 Å². The maximum absolute atomic E-state index is 13.6. The Bertz CT molecular complexity index is 1180. The summed E-state index contributed by atoms with van der Waals surface area (Å²) in [7, 11) is 0. The number of hydrogen-bond donors (Lipinski definition) is 2. The molecule has 0 fully saturated rings. The van der Waals surface area contributed by atoms with E-state index < -0.39 is 0 Å². The van der Waals surface area contributed by atoms with Crippen molar-refractivity contribution in [3.8, 4) is 0 Å². The SMILES string of the molecule is Cc1ccc(NC(=O)CSc2ncnc3c2[nH]c2ccc(F)cc23)cc1F. The van der Waals surface area contributed by atoms with E-state index in [0.717, 1.165) is 5.52 Å². The van der Waals surface area contributed by atoms with Gasteiger partial charge in [0.05, 0.1) is 11.3 Å². The highest BCUT2D eigenvalue weighted by atomic mass is 32.2. The van der Waals surface area contributed by atoms with Crippen LogP contribution in [-0.4, -0.2) is 26.6 Å². The summed E-state index contributed by atoms with van der Waals surface area (Å²) in [5, 5.41) is 3.91. The molecule has 4 aromatic rings. The first-order chi connectivity index (χ1) is 13.0. The van der Waals surface area contributed by atoms with Crippen LogP contribution in [-0.2, 0) is 4.79 Å². The van der Waals surface area contributed by atoms with Crippen LogP contribution in [0.3, 0.4) is 0 Å². The van der Waals surface area contributed by atoms with E-state index in [1.165, 1.54) is 36.3 Å². The quantitative estimate of drug-likeness (QED) is 0.403. The number of nitrogens with one attached hydrogen (secondary N) is 2. The van der Waals surface area contributed by atoms with Gasteiger partial charge in [0.25, 0.3) is 0 Å². The molecule has 0 aliphatic heterocycles. The van der Waals surface area contributed by atoms with Gasteiger partial charge in [-0.3, -0.25) is 4.79 Å². The van der Waals surface area contributed by atoms with Crippen LogP contribution in [0.25, 0.3) is 21.9 Å². The Labute approximate surface area is 157 Å². The van der Waals surface area contributed by atoms with E-state index in [-0.39, 0.29) is 23.3 Å². The van der Waals surface area contributed by atoms with Crippen molar-refractivity contribution in [1.82, 2.24) is 15.0 Å². The second-order valence-corrected chi connectivity index (χ2v) is 6.98. The van der Waals surface area contributed by atoms with Crippen molar-refractivity contribution in [2.24, 2.45) is 0 Å². The number of H-pyrrole nitrogens is 1. The standard InChI is InChI=1S/C19H14F2N4OS/c1-10-2-4-12(7-14(10)21)24-16(26)8-27-19-18-17(22-9-23-19)13-6-11(20)3-5-15(13)25-18/h2-7,9,25H,8H2,1H3,(H,24,26). The van der Waals surface area contributed by atoms with Gasteiger partial charge in [0.2, 0.25) is 5.91 Å². The molecule has 2 aromatic heterocycles. The maximum atomic E-state index is 13.6. The third-order valence-electron chi connectivity index (χ3n) is 4.10. The average Bonchev–Trinajstić information content (AvgIpc) is 3.01. The van der Waals surface area contributed by atoms with E-state index in [2.05, 4.69) is 20.3 Å². The zero-order chi connectivity index (χ0) is 19.0. The molecule has 0 aliphatic carbocycles. The Morgan fingerprint density at radius 3 is 2.85 bits per heavy atom. The summed E-state index contributed by atoms with van der Waals surface area (Å²) in [5.74, 6) is -0.910. The fraction of sp³-hybridized carbons (Fsp3) is 0.105. The molecular formula is C19H14F2N4OS. The van der Waals surface area contributed by atoms with Gasteiger partial charge in [-0.1, -0.05) is 17.8 Å². The van der Waals surface area contributed by atoms with Gasteiger partial charge in [0.1, 0.15) is 28.5 Å². The van der Waals surface area contributed by atoms with Gasteiger partial charge >= 0.3 is 0 Å². The molecule has 0 aliphatic rings. The minimum absolute atomic E-state index is 0.0886. The topological polar surface area (TPSA) is 70.7 Å². The lowest BCUT2D eigenvalue weighted by Crippen LogP contribution is -2.14. The molecule has 2 heterocycles. The molecular weight excluding hydrogens is 370 g/mol. The minimum Gasteiger partial charge on any atom is -0.351 e. The molecule has 0 radical (unpaired) electrons. The number of aromatic nitrogens is 3. The predicted molar refractivity (Wildman–Crippen MR) is 102 cm³/mol. The molecule has 0 spiro atoms. The number of aryl methyl sites for hydroxylation is 1. The number of halogens is 2. The minimum atomic E-state index is -0.372. The van der Waals surface area contributed by atoms with Gasteiger partial charge in [-0.15, -0.1) is 0 Å². The van der Waals surface area contributed by atoms with Crippen molar-refractivity contribution in [3.05, 3.63) is 59.9 Å². The summed E-state index contributed by atoms with van der Waals surface area (Å²) in [6.07, 6.45) is 1.39. The highest BCUT2D eigenvalue weighted by Crippen LogP contribution is 2.30. The van der Waals surface area contributed by atoms with Crippen LogP contribution in [0.1, 0.15) is 5.56 Å². The molecule has 0 unspecified atom stereocenters. The summed E-state index contributed by atoms with van der Waals surface area (Å²) in [6.45, 7) is 1.66. The molecule has 136 valence electrons. The number of anilines is 1. The number of fused-ring (bicyclic) bond motifs is 3. The predicted octanol–water partition coefficient (Wildman–Crippen LogP) is 4.43. The molecule has 4 rings (SSSR count). The Balaban J connectivity index is 1.54. The number of carbonyl (C=O) groups excluding carboxylic acids is 1. The summed E-state index contributed by atoms with van der Waals surface area (Å²) in [4.78, 5) is 23.8. The lowest BCUT2D eigenvalue weighted by atomic mass is 10.2. The van der Waals surface area contributed by atoms with Crippen LogP contribution in [0.2, 0.25) is 0 Å². The third kappa shape index (κ3) is 3.48. The summed E-state index contributed by atoms with van der Waals surface area (Å²) in [6, 6.07) is 8.96. The number of rotatable bonds is 4. The zero-order valence-corrected chi connectivity index (χ0v) is 15.0. The highest BCUT2D eigenvalue weighted by molar-refractivity contribution is 8.00. The molecule has 0 saturated heterocycles. The second-order valence-electron chi connectivity index (χ2n) is 6.02. The lowest BCUT2D eigenvalue weighted by molar-refractivity contribution is -0.113. The molecule has 2 aromatic carbocycles. The fourth-order valence-corrected chi connectivity index (χ4v) is 3.51. The van der Waals surface area contributed by atoms with Crippen LogP contribution in [0.4, 0.5) is 14.5 Å². The van der Waals surface area contributed by atoms with Crippen LogP contribution >= 0.6 is 11.8 Å². The van der Waals surface area contributed by atoms with Crippen molar-refractivity contribution in [1.29, 1.82) is 0 Å². The van der Waals surface area contributed by atoms with Crippen LogP contribution in [0, 0.1) is 18.6 Å². The first-order valence-electron chi connectivity index (χ1n) is 8.12. The number of hydrogen-bond acceptors (Lipinski definition) is 4. The van der Waals surface area contributed by atoms with Gasteiger partial charge in [-0.2, -0.15) is 0 Å². The summed E-state index contributed by atoms with van der Waals surface area (Å²) < 4.78 is 27.1. The lowest BCUT2D eigenvalue weighted by Gasteiger charge is -2.06. The van der Waals surface area contributed by atoms with Crippen LogP contribution < -0.4 is 5.32 Å². The number of benzene rings is 2. The number of thioether (sulfide) groups is 1. The van der Waals surface area contributed by atoms with E-state index in [4.69, 9.17) is 0 Å². The van der Waals surface area contributed by atoms with Crippen LogP contribution in [0.5, 0.6) is 0 Å². The van der Waals surface area contributed by atoms with E-state index in [1.807, 2.05) is 0 Å². The van der Waals surface area contributed by atoms with Gasteiger partial charge < -0.3 is 10.3 Å². The van der Waals surface area contributed by atoms with Gasteiger partial charge in [-0.05, 0) is 42.8 Å². The zero-order valence-electron chi connectivity index (χ0n) is 14.2. The maximum Gasteiger partial charge on any atom is 0.234 e. The molecule has 0 atom stereocenters. The average molecular weight is 384 g/mol. The van der Waals surface area contributed by atoms with E-state index in [9.17, 15) is 13.6 Å². The van der Waals surface area contributed by atoms with Gasteiger partial charge in [0.15, 0.2) is 0 Å². The highest BCUT2D eigenvalue weighted by Gasteiger charge is 2.13. The molecule has 27 heavy (non-hydrogen) atoms. The second kappa shape index (κ2) is 6.96.